The van der Waals surface area contributed by atoms with E-state index in [1.165, 1.54) is 11.1 Å². The summed E-state index contributed by atoms with van der Waals surface area (Å²) in [5, 5.41) is 3.07. The van der Waals surface area contributed by atoms with Crippen LogP contribution in [0.5, 0.6) is 0 Å². The van der Waals surface area contributed by atoms with Gasteiger partial charge in [0.25, 0.3) is 0 Å². The Morgan fingerprint density at radius 3 is 2.80 bits per heavy atom. The van der Waals surface area contributed by atoms with Crippen molar-refractivity contribution >= 4 is 29.2 Å². The summed E-state index contributed by atoms with van der Waals surface area (Å²) in [5.74, 6) is -0.987. The zero-order chi connectivity index (χ0) is 18.4. The highest BCUT2D eigenvalue weighted by atomic mass is 35.5. The molecule has 1 fully saturated rings. The molecule has 6 nitrogen and oxygen atoms in total. The lowest BCUT2D eigenvalue weighted by atomic mass is 9.97. The summed E-state index contributed by atoms with van der Waals surface area (Å²) in [7, 11) is 0. The van der Waals surface area contributed by atoms with Gasteiger partial charge in [-0.1, -0.05) is 11.6 Å². The van der Waals surface area contributed by atoms with E-state index in [0.29, 0.717) is 30.2 Å². The van der Waals surface area contributed by atoms with Gasteiger partial charge < -0.3 is 15.0 Å². The van der Waals surface area contributed by atoms with Gasteiger partial charge in [-0.3, -0.25) is 9.59 Å². The fraction of sp³-hybridized carbons (Fsp3) is 0.533. The Hall–Kier alpha value is -1.87. The monoisotopic (exact) mass is 379 g/mol. The maximum Gasteiger partial charge on any atom is 0.411 e. The van der Waals surface area contributed by atoms with Crippen molar-refractivity contribution in [1.29, 1.82) is 0 Å². The molecule has 1 aromatic rings. The molecule has 1 aromatic heterocycles. The third kappa shape index (κ3) is 6.50. The maximum absolute atomic E-state index is 12.3. The molecule has 1 saturated heterocycles. The fourth-order valence-corrected chi connectivity index (χ4v) is 2.55. The third-order valence-electron chi connectivity index (χ3n) is 3.61. The Kier molecular flexibility index (Phi) is 6.60. The van der Waals surface area contributed by atoms with Crippen molar-refractivity contribution < 1.29 is 27.5 Å². The summed E-state index contributed by atoms with van der Waals surface area (Å²) in [4.78, 5) is 29.5. The minimum Gasteiger partial charge on any atom is -0.362 e. The molecular weight excluding hydrogens is 363 g/mol. The van der Waals surface area contributed by atoms with Crippen LogP contribution >= 0.6 is 11.6 Å². The average molecular weight is 380 g/mol. The van der Waals surface area contributed by atoms with Gasteiger partial charge in [0.05, 0.1) is 10.9 Å². The van der Waals surface area contributed by atoms with Crippen molar-refractivity contribution in [2.75, 3.05) is 31.6 Å². The number of nitrogens with zero attached hydrogens (tertiary/aromatic N) is 2. The van der Waals surface area contributed by atoms with Crippen LogP contribution < -0.4 is 5.32 Å². The topological polar surface area (TPSA) is 71.5 Å². The second-order valence-corrected chi connectivity index (χ2v) is 6.07. The van der Waals surface area contributed by atoms with E-state index in [0.717, 1.165) is 0 Å². The normalized spacial score (nSPS) is 18.1. The van der Waals surface area contributed by atoms with Crippen molar-refractivity contribution in [3.8, 4) is 0 Å². The van der Waals surface area contributed by atoms with E-state index in [4.69, 9.17) is 11.6 Å². The predicted molar refractivity (Wildman–Crippen MR) is 84.1 cm³/mol. The number of anilines is 1. The molecule has 2 amide bonds. The SMILES string of the molecule is O=C(Nc1ccc(Cl)cn1)C1CCCN(C(=O)COCC(F)(F)F)C1. The molecule has 0 aromatic carbocycles. The molecule has 0 bridgehead atoms. The van der Waals surface area contributed by atoms with Crippen molar-refractivity contribution in [3.05, 3.63) is 23.4 Å². The van der Waals surface area contributed by atoms with Crippen LogP contribution in [0.1, 0.15) is 12.8 Å². The number of ether oxygens (including phenoxy) is 1. The van der Waals surface area contributed by atoms with Crippen molar-refractivity contribution in [3.63, 3.8) is 0 Å². The van der Waals surface area contributed by atoms with Crippen LogP contribution in [0, 0.1) is 5.92 Å². The standard InChI is InChI=1S/C15H17ClF3N3O3/c16-11-3-4-12(20-6-11)21-14(24)10-2-1-5-22(7-10)13(23)8-25-9-15(17,18)19/h3-4,6,10H,1-2,5,7-9H2,(H,20,21,24). The number of nitrogens with one attached hydrogen (secondary N) is 1. The van der Waals surface area contributed by atoms with Crippen molar-refractivity contribution in [1.82, 2.24) is 9.88 Å². The largest absolute Gasteiger partial charge is 0.411 e. The van der Waals surface area contributed by atoms with E-state index < -0.39 is 31.2 Å². The fourth-order valence-electron chi connectivity index (χ4n) is 2.44. The number of halogens is 4. The lowest BCUT2D eigenvalue weighted by molar-refractivity contribution is -0.178. The highest BCUT2D eigenvalue weighted by Gasteiger charge is 2.31. The number of piperidine rings is 1. The second kappa shape index (κ2) is 8.48. The van der Waals surface area contributed by atoms with E-state index in [9.17, 15) is 22.8 Å². The van der Waals surface area contributed by atoms with Crippen LogP contribution in [-0.4, -0.2) is 54.2 Å². The molecule has 25 heavy (non-hydrogen) atoms. The summed E-state index contributed by atoms with van der Waals surface area (Å²) in [6.07, 6.45) is -1.92. The predicted octanol–water partition coefficient (Wildman–Crippen LogP) is 2.49. The molecule has 2 rings (SSSR count). The lowest BCUT2D eigenvalue weighted by Gasteiger charge is -2.32. The number of hydrogen-bond acceptors (Lipinski definition) is 4. The van der Waals surface area contributed by atoms with Crippen LogP contribution in [0.4, 0.5) is 19.0 Å². The highest BCUT2D eigenvalue weighted by molar-refractivity contribution is 6.30. The smallest absolute Gasteiger partial charge is 0.362 e. The molecule has 10 heteroatoms. The Morgan fingerprint density at radius 1 is 1.40 bits per heavy atom. The second-order valence-electron chi connectivity index (χ2n) is 5.64. The minimum atomic E-state index is -4.48. The van der Waals surface area contributed by atoms with Gasteiger partial charge in [-0.05, 0) is 25.0 Å². The lowest BCUT2D eigenvalue weighted by Crippen LogP contribution is -2.45. The van der Waals surface area contributed by atoms with E-state index in [1.807, 2.05) is 0 Å². The number of amides is 2. The Balaban J connectivity index is 1.83. The third-order valence-corrected chi connectivity index (χ3v) is 3.84. The molecule has 1 aliphatic heterocycles. The number of likely N-dealkylation sites (tertiary alicyclic amines) is 1. The van der Waals surface area contributed by atoms with Gasteiger partial charge in [-0.25, -0.2) is 4.98 Å². The maximum atomic E-state index is 12.3. The van der Waals surface area contributed by atoms with Gasteiger partial charge in [0.15, 0.2) is 0 Å². The van der Waals surface area contributed by atoms with Gasteiger partial charge in [-0.15, -0.1) is 0 Å². The van der Waals surface area contributed by atoms with Gasteiger partial charge in [0.1, 0.15) is 19.0 Å². The molecular formula is C15H17ClF3N3O3. The van der Waals surface area contributed by atoms with Gasteiger partial charge >= 0.3 is 6.18 Å². The molecule has 1 atom stereocenters. The zero-order valence-electron chi connectivity index (χ0n) is 13.2. The van der Waals surface area contributed by atoms with Gasteiger partial charge in [-0.2, -0.15) is 13.2 Å². The first-order chi connectivity index (χ1) is 11.7. The first-order valence-corrected chi connectivity index (χ1v) is 7.97. The summed E-state index contributed by atoms with van der Waals surface area (Å²) >= 11 is 5.72. The summed E-state index contributed by atoms with van der Waals surface area (Å²) in [6.45, 7) is -1.61. The minimum absolute atomic E-state index is 0.133. The highest BCUT2D eigenvalue weighted by Crippen LogP contribution is 2.19. The van der Waals surface area contributed by atoms with Gasteiger partial charge in [0, 0.05) is 19.3 Å². The molecule has 1 N–H and O–H groups in total. The molecule has 2 heterocycles. The van der Waals surface area contributed by atoms with Crippen LogP contribution in [0.2, 0.25) is 5.02 Å². The number of alkyl halides is 3. The summed E-state index contributed by atoms with van der Waals surface area (Å²) in [6, 6.07) is 3.13. The Bertz CT molecular complexity index is 610. The van der Waals surface area contributed by atoms with Crippen LogP contribution in [0.15, 0.2) is 18.3 Å². The molecule has 0 radical (unpaired) electrons. The number of pyridine rings is 1. The number of carbonyl (C=O) groups is 2. The quantitative estimate of drug-likeness (QED) is 0.853. The number of rotatable bonds is 5. The number of carbonyl (C=O) groups excluding carboxylic acids is 2. The van der Waals surface area contributed by atoms with Crippen molar-refractivity contribution in [2.24, 2.45) is 5.92 Å². The van der Waals surface area contributed by atoms with Crippen LogP contribution in [0.3, 0.4) is 0 Å². The number of aromatic nitrogens is 1. The average Bonchev–Trinajstić information content (AvgIpc) is 2.56. The first kappa shape index (κ1) is 19.5. The number of hydrogen-bond donors (Lipinski definition) is 1. The molecule has 0 saturated carbocycles. The van der Waals surface area contributed by atoms with E-state index in [-0.39, 0.29) is 12.5 Å². The molecule has 1 unspecified atom stereocenters. The van der Waals surface area contributed by atoms with E-state index in [2.05, 4.69) is 15.0 Å². The van der Waals surface area contributed by atoms with Gasteiger partial charge in [0.2, 0.25) is 11.8 Å². The van der Waals surface area contributed by atoms with E-state index in [1.54, 1.807) is 12.1 Å². The summed E-state index contributed by atoms with van der Waals surface area (Å²) < 4.78 is 40.5. The Labute approximate surface area is 147 Å². The molecule has 0 aliphatic carbocycles. The van der Waals surface area contributed by atoms with Crippen LogP contribution in [-0.2, 0) is 14.3 Å². The van der Waals surface area contributed by atoms with Crippen molar-refractivity contribution in [2.45, 2.75) is 19.0 Å². The molecule has 1 aliphatic rings. The Morgan fingerprint density at radius 2 is 2.16 bits per heavy atom. The first-order valence-electron chi connectivity index (χ1n) is 7.59. The van der Waals surface area contributed by atoms with Crippen LogP contribution in [0.25, 0.3) is 0 Å². The molecule has 0 spiro atoms. The summed E-state index contributed by atoms with van der Waals surface area (Å²) in [5.41, 5.74) is 0. The van der Waals surface area contributed by atoms with E-state index >= 15 is 0 Å². The zero-order valence-corrected chi connectivity index (χ0v) is 13.9. The molecule has 138 valence electrons.